The van der Waals surface area contributed by atoms with E-state index in [2.05, 4.69) is 22.0 Å². The molecule has 0 saturated heterocycles. The first-order chi connectivity index (χ1) is 16.6. The van der Waals surface area contributed by atoms with Gasteiger partial charge in [0.05, 0.1) is 19.0 Å². The minimum Gasteiger partial charge on any atom is -0.481 e. The molecule has 2 aromatic rings. The molecule has 10 nitrogen and oxygen atoms in total. The Balaban J connectivity index is 1.97. The molecule has 1 heterocycles. The zero-order chi connectivity index (χ0) is 25.8. The van der Waals surface area contributed by atoms with Gasteiger partial charge in [-0.2, -0.15) is 0 Å². The molecule has 0 spiro atoms. The smallest absolute Gasteiger partial charge is 0.347 e. The van der Waals surface area contributed by atoms with Gasteiger partial charge in [-0.25, -0.2) is 32.7 Å². The van der Waals surface area contributed by atoms with Crippen molar-refractivity contribution in [3.8, 4) is 0 Å². The van der Waals surface area contributed by atoms with Gasteiger partial charge < -0.3 is 10.1 Å². The number of rotatable bonds is 8. The predicted molar refractivity (Wildman–Crippen MR) is 135 cm³/mol. The van der Waals surface area contributed by atoms with Crippen LogP contribution < -0.4 is 15.7 Å². The maximum Gasteiger partial charge on any atom is 0.347 e. The number of aliphatic imine (C=N–C) groups is 1. The number of hydrogen-bond donors (Lipinski definition) is 2. The van der Waals surface area contributed by atoms with E-state index in [0.717, 1.165) is 42.2 Å². The highest BCUT2D eigenvalue weighted by Gasteiger charge is 2.24. The summed E-state index contributed by atoms with van der Waals surface area (Å²) in [5, 5.41) is 2.73. The summed E-state index contributed by atoms with van der Waals surface area (Å²) in [6, 6.07) is 2.65. The molecule has 0 aliphatic heterocycles. The van der Waals surface area contributed by atoms with Crippen LogP contribution in [0.25, 0.3) is 5.57 Å². The lowest BCUT2D eigenvalue weighted by molar-refractivity contribution is 0.256. The van der Waals surface area contributed by atoms with Crippen molar-refractivity contribution in [2.45, 2.75) is 51.0 Å². The minimum absolute atomic E-state index is 0.293. The van der Waals surface area contributed by atoms with Gasteiger partial charge in [-0.15, -0.1) is 0 Å². The van der Waals surface area contributed by atoms with Crippen molar-refractivity contribution in [1.29, 1.82) is 0 Å². The lowest BCUT2D eigenvalue weighted by Gasteiger charge is -2.18. The van der Waals surface area contributed by atoms with Gasteiger partial charge in [-0.1, -0.05) is 18.2 Å². The summed E-state index contributed by atoms with van der Waals surface area (Å²) in [6.45, 7) is 8.77. The van der Waals surface area contributed by atoms with Crippen molar-refractivity contribution in [2.75, 3.05) is 12.4 Å². The third kappa shape index (κ3) is 5.68. The van der Waals surface area contributed by atoms with E-state index >= 15 is 0 Å². The predicted octanol–water partition coefficient (Wildman–Crippen LogP) is 3.42. The normalized spacial score (nSPS) is 14.0. The molecule has 1 aromatic carbocycles. The summed E-state index contributed by atoms with van der Waals surface area (Å²) in [5.74, 6) is 0.296. The summed E-state index contributed by atoms with van der Waals surface area (Å²) >= 11 is 0. The zero-order valence-corrected chi connectivity index (χ0v) is 21.0. The van der Waals surface area contributed by atoms with Crippen molar-refractivity contribution in [1.82, 2.24) is 14.3 Å². The van der Waals surface area contributed by atoms with Crippen LogP contribution in [0, 0.1) is 0 Å². The Kier molecular flexibility index (Phi) is 7.90. The number of allylic oxidation sites excluding steroid dienone is 3. The zero-order valence-electron chi connectivity index (χ0n) is 20.2. The second-order valence-corrected chi connectivity index (χ2v) is 9.88. The first kappa shape index (κ1) is 25.9. The second kappa shape index (κ2) is 10.7. The summed E-state index contributed by atoms with van der Waals surface area (Å²) in [5.41, 5.74) is 3.38. The Morgan fingerprint density at radius 3 is 2.69 bits per heavy atom. The molecule has 1 aromatic heterocycles. The number of anilines is 1. The van der Waals surface area contributed by atoms with Crippen LogP contribution in [0.2, 0.25) is 0 Å². The average molecular weight is 500 g/mol. The molecule has 1 aliphatic carbocycles. The molecular formula is C24H29N5O5S. The molecule has 0 fully saturated rings. The molecule has 0 atom stereocenters. The number of hydrogen-bond acceptors (Lipinski definition) is 7. The van der Waals surface area contributed by atoms with E-state index in [0.29, 0.717) is 17.1 Å². The van der Waals surface area contributed by atoms with Crippen molar-refractivity contribution in [3.05, 3.63) is 69.7 Å². The molecule has 1 aliphatic rings. The average Bonchev–Trinajstić information content (AvgIpc) is 3.29. The number of nitrogens with zero attached hydrogens (tertiary/aromatic N) is 3. The second-order valence-electron chi connectivity index (χ2n) is 8.20. The van der Waals surface area contributed by atoms with Gasteiger partial charge >= 0.3 is 11.7 Å². The molecule has 0 unspecified atom stereocenters. The van der Waals surface area contributed by atoms with Crippen molar-refractivity contribution >= 4 is 34.0 Å². The fraction of sp³-hybridized carbons (Fsp3) is 0.333. The van der Waals surface area contributed by atoms with Crippen LogP contribution in [0.1, 0.15) is 49.9 Å². The van der Waals surface area contributed by atoms with E-state index in [-0.39, 0.29) is 10.9 Å². The van der Waals surface area contributed by atoms with E-state index < -0.39 is 21.7 Å². The topological polar surface area (TPSA) is 132 Å². The van der Waals surface area contributed by atoms with Crippen LogP contribution in [-0.4, -0.2) is 37.8 Å². The van der Waals surface area contributed by atoms with Crippen molar-refractivity contribution < 1.29 is 17.9 Å². The van der Waals surface area contributed by atoms with E-state index in [1.165, 1.54) is 17.9 Å². The van der Waals surface area contributed by atoms with Crippen LogP contribution >= 0.6 is 0 Å². The number of sulfonamides is 1. The molecule has 0 bridgehead atoms. The van der Waals surface area contributed by atoms with E-state index in [9.17, 15) is 18.0 Å². The number of methoxy groups -OCH3 is 1. The van der Waals surface area contributed by atoms with E-state index in [1.807, 2.05) is 29.9 Å². The molecule has 2 N–H and O–H groups in total. The summed E-state index contributed by atoms with van der Waals surface area (Å²) in [4.78, 5) is 31.9. The van der Waals surface area contributed by atoms with Gasteiger partial charge in [0.15, 0.2) is 0 Å². The van der Waals surface area contributed by atoms with Gasteiger partial charge in [-0.3, -0.25) is 4.57 Å². The first-order valence-corrected chi connectivity index (χ1v) is 12.6. The van der Waals surface area contributed by atoms with Gasteiger partial charge in [0.25, 0.3) is 10.0 Å². The lowest BCUT2D eigenvalue weighted by Crippen LogP contribution is -2.36. The minimum atomic E-state index is -4.29. The highest BCUT2D eigenvalue weighted by molar-refractivity contribution is 7.90. The fourth-order valence-electron chi connectivity index (χ4n) is 3.91. The number of carbonyl (C=O) groups is 1. The quantitative estimate of drug-likeness (QED) is 0.325. The molecule has 0 radical (unpaired) electrons. The van der Waals surface area contributed by atoms with E-state index in [1.54, 1.807) is 19.9 Å². The number of benzene rings is 1. The third-order valence-electron chi connectivity index (χ3n) is 5.67. The molecule has 3 rings (SSSR count). The molecule has 186 valence electrons. The Morgan fingerprint density at radius 1 is 1.31 bits per heavy atom. The molecule has 0 saturated carbocycles. The highest BCUT2D eigenvalue weighted by Crippen LogP contribution is 2.36. The third-order valence-corrected chi connectivity index (χ3v) is 6.96. The summed E-state index contributed by atoms with van der Waals surface area (Å²) in [7, 11) is -2.81. The van der Waals surface area contributed by atoms with Crippen LogP contribution in [0.15, 0.2) is 57.2 Å². The standard InChI is InChI=1S/C24H29N5O5S/c1-6-16(12-21(25-4)34-5)20-11-10-17-8-7-9-19(17)22(20)27-23(30)28-35(32,33)18-13-26-24(31)29(14-18)15(2)3/h6,10-15H,4,7-9H2,1-3,5H3,(H2,27,28,30)/b16-6+,21-12+. The van der Waals surface area contributed by atoms with Crippen LogP contribution in [0.4, 0.5) is 10.5 Å². The Hall–Kier alpha value is -3.73. The van der Waals surface area contributed by atoms with Crippen LogP contribution in [0.5, 0.6) is 0 Å². The number of aromatic nitrogens is 2. The van der Waals surface area contributed by atoms with Crippen LogP contribution in [-0.2, 0) is 27.6 Å². The summed E-state index contributed by atoms with van der Waals surface area (Å²) < 4.78 is 34.1. The number of carbonyl (C=O) groups excluding carboxylic acids is 1. The molecular weight excluding hydrogens is 470 g/mol. The number of nitrogens with one attached hydrogen (secondary N) is 2. The molecule has 11 heteroatoms. The molecule has 35 heavy (non-hydrogen) atoms. The van der Waals surface area contributed by atoms with Crippen LogP contribution in [0.3, 0.4) is 0 Å². The Bertz CT molecular complexity index is 1370. The van der Waals surface area contributed by atoms with Gasteiger partial charge in [0.1, 0.15) is 4.90 Å². The van der Waals surface area contributed by atoms with Gasteiger partial charge in [-0.05, 0) is 63.5 Å². The highest BCUT2D eigenvalue weighted by atomic mass is 32.2. The maximum atomic E-state index is 12.9. The number of urea groups is 1. The lowest BCUT2D eigenvalue weighted by atomic mass is 9.97. The number of fused-ring (bicyclic) bond motifs is 1. The van der Waals surface area contributed by atoms with E-state index in [4.69, 9.17) is 4.74 Å². The van der Waals surface area contributed by atoms with Gasteiger partial charge in [0.2, 0.25) is 5.88 Å². The number of amides is 2. The SMILES string of the molecule is C=N/C(=C\C(=C/C)c1ccc2c(c1NC(=O)NS(=O)(=O)c1cnc(=O)n(C(C)C)c1)CCC2)OC. The Morgan fingerprint density at radius 2 is 2.06 bits per heavy atom. The fourth-order valence-corrected chi connectivity index (χ4v) is 4.77. The summed E-state index contributed by atoms with van der Waals surface area (Å²) in [6.07, 6.45) is 8.15. The molecule has 2 amide bonds. The monoisotopic (exact) mass is 499 g/mol. The maximum absolute atomic E-state index is 12.9. The van der Waals surface area contributed by atoms with Crippen molar-refractivity contribution in [2.24, 2.45) is 4.99 Å². The number of aryl methyl sites for hydroxylation is 1. The number of ether oxygens (including phenoxy) is 1. The van der Waals surface area contributed by atoms with Crippen molar-refractivity contribution in [3.63, 3.8) is 0 Å². The van der Waals surface area contributed by atoms with Gasteiger partial charge in [0, 0.05) is 23.9 Å². The largest absolute Gasteiger partial charge is 0.481 e. The Labute approximate surface area is 204 Å². The first-order valence-electron chi connectivity index (χ1n) is 11.1.